The Morgan fingerprint density at radius 1 is 1.25 bits per heavy atom. The SMILES string of the molecule is COCc1nccc(C2CCCN(c3nc4ccccc4s3)C2)n1. The standard InChI is InChI=1S/C18H20N4OS/c1-23-12-17-19-9-8-14(20-17)13-5-4-10-22(11-13)18-21-15-6-2-3-7-16(15)24-18/h2-3,6-9,13H,4-5,10-12H2,1H3. The molecule has 0 bridgehead atoms. The predicted octanol–water partition coefficient (Wildman–Crippen LogP) is 3.62. The average Bonchev–Trinajstić information content (AvgIpc) is 3.07. The van der Waals surface area contributed by atoms with Crippen molar-refractivity contribution >= 4 is 26.7 Å². The lowest BCUT2D eigenvalue weighted by atomic mass is 9.95. The Balaban J connectivity index is 1.56. The van der Waals surface area contributed by atoms with Gasteiger partial charge in [-0.3, -0.25) is 0 Å². The van der Waals surface area contributed by atoms with E-state index in [-0.39, 0.29) is 0 Å². The van der Waals surface area contributed by atoms with E-state index in [9.17, 15) is 0 Å². The summed E-state index contributed by atoms with van der Waals surface area (Å²) in [6, 6.07) is 10.4. The predicted molar refractivity (Wildman–Crippen MR) is 96.6 cm³/mol. The van der Waals surface area contributed by atoms with E-state index in [0.29, 0.717) is 12.5 Å². The second kappa shape index (κ2) is 6.83. The summed E-state index contributed by atoms with van der Waals surface area (Å²) < 4.78 is 6.40. The lowest BCUT2D eigenvalue weighted by Gasteiger charge is -2.32. The molecule has 1 unspecified atom stereocenters. The van der Waals surface area contributed by atoms with Crippen molar-refractivity contribution in [2.75, 3.05) is 25.1 Å². The zero-order valence-electron chi connectivity index (χ0n) is 13.7. The first-order chi connectivity index (χ1) is 11.8. The molecule has 4 rings (SSSR count). The molecule has 1 fully saturated rings. The van der Waals surface area contributed by atoms with Crippen molar-refractivity contribution in [1.29, 1.82) is 0 Å². The Morgan fingerprint density at radius 2 is 2.17 bits per heavy atom. The van der Waals surface area contributed by atoms with Crippen LogP contribution in [0.15, 0.2) is 36.5 Å². The fourth-order valence-corrected chi connectivity index (χ4v) is 4.23. The van der Waals surface area contributed by atoms with Gasteiger partial charge in [-0.2, -0.15) is 0 Å². The number of aromatic nitrogens is 3. The smallest absolute Gasteiger partial charge is 0.186 e. The molecule has 1 saturated heterocycles. The average molecular weight is 340 g/mol. The molecule has 124 valence electrons. The normalized spacial score (nSPS) is 18.2. The first kappa shape index (κ1) is 15.5. The molecule has 24 heavy (non-hydrogen) atoms. The monoisotopic (exact) mass is 340 g/mol. The third-order valence-corrected chi connectivity index (χ3v) is 5.49. The number of methoxy groups -OCH3 is 1. The molecule has 3 aromatic rings. The number of rotatable bonds is 4. The lowest BCUT2D eigenvalue weighted by molar-refractivity contribution is 0.177. The van der Waals surface area contributed by atoms with Crippen LogP contribution < -0.4 is 4.90 Å². The minimum Gasteiger partial charge on any atom is -0.377 e. The fraction of sp³-hybridized carbons (Fsp3) is 0.389. The number of para-hydroxylation sites is 1. The highest BCUT2D eigenvalue weighted by Crippen LogP contribution is 2.33. The quantitative estimate of drug-likeness (QED) is 0.726. The highest BCUT2D eigenvalue weighted by atomic mass is 32.1. The number of thiazole rings is 1. The number of piperidine rings is 1. The van der Waals surface area contributed by atoms with Gasteiger partial charge in [0.25, 0.3) is 0 Å². The van der Waals surface area contributed by atoms with Crippen molar-refractivity contribution in [3.05, 3.63) is 48.0 Å². The summed E-state index contributed by atoms with van der Waals surface area (Å²) in [6.45, 7) is 2.48. The van der Waals surface area contributed by atoms with Crippen molar-refractivity contribution in [3.8, 4) is 0 Å². The lowest BCUT2D eigenvalue weighted by Crippen LogP contribution is -2.34. The van der Waals surface area contributed by atoms with Crippen LogP contribution in [0.25, 0.3) is 10.2 Å². The molecule has 3 heterocycles. The summed E-state index contributed by atoms with van der Waals surface area (Å²) in [5.74, 6) is 1.18. The van der Waals surface area contributed by atoms with Crippen LogP contribution in [0, 0.1) is 0 Å². The van der Waals surface area contributed by atoms with Gasteiger partial charge in [0.2, 0.25) is 0 Å². The van der Waals surface area contributed by atoms with Gasteiger partial charge in [0.05, 0.1) is 10.2 Å². The van der Waals surface area contributed by atoms with Gasteiger partial charge >= 0.3 is 0 Å². The molecule has 6 heteroatoms. The van der Waals surface area contributed by atoms with Crippen molar-refractivity contribution in [3.63, 3.8) is 0 Å². The van der Waals surface area contributed by atoms with E-state index in [1.807, 2.05) is 18.3 Å². The summed E-state index contributed by atoms with van der Waals surface area (Å²) in [5.41, 5.74) is 2.20. The van der Waals surface area contributed by atoms with Crippen molar-refractivity contribution in [2.24, 2.45) is 0 Å². The Morgan fingerprint density at radius 3 is 3.04 bits per heavy atom. The molecule has 0 N–H and O–H groups in total. The van der Waals surface area contributed by atoms with Gasteiger partial charge in [-0.25, -0.2) is 15.0 Å². The maximum absolute atomic E-state index is 5.15. The van der Waals surface area contributed by atoms with E-state index in [1.54, 1.807) is 18.4 Å². The number of ether oxygens (including phenoxy) is 1. The molecule has 1 atom stereocenters. The van der Waals surface area contributed by atoms with Crippen LogP contribution >= 0.6 is 11.3 Å². The van der Waals surface area contributed by atoms with Gasteiger partial charge in [-0.15, -0.1) is 0 Å². The minimum absolute atomic E-state index is 0.421. The van der Waals surface area contributed by atoms with E-state index < -0.39 is 0 Å². The van der Waals surface area contributed by atoms with Gasteiger partial charge in [0.1, 0.15) is 6.61 Å². The van der Waals surface area contributed by atoms with E-state index in [0.717, 1.165) is 48.1 Å². The van der Waals surface area contributed by atoms with Crippen LogP contribution in [0.5, 0.6) is 0 Å². The zero-order chi connectivity index (χ0) is 16.4. The first-order valence-corrected chi connectivity index (χ1v) is 9.06. The summed E-state index contributed by atoms with van der Waals surface area (Å²) in [5, 5.41) is 1.12. The van der Waals surface area contributed by atoms with Crippen LogP contribution in [0.1, 0.15) is 30.3 Å². The van der Waals surface area contributed by atoms with Crippen LogP contribution in [-0.4, -0.2) is 35.2 Å². The second-order valence-corrected chi connectivity index (χ2v) is 7.09. The highest BCUT2D eigenvalue weighted by molar-refractivity contribution is 7.22. The Kier molecular flexibility index (Phi) is 4.40. The molecule has 1 aliphatic rings. The van der Waals surface area contributed by atoms with Crippen LogP contribution in [-0.2, 0) is 11.3 Å². The largest absolute Gasteiger partial charge is 0.377 e. The number of anilines is 1. The van der Waals surface area contributed by atoms with Gasteiger partial charge in [-0.05, 0) is 31.0 Å². The first-order valence-electron chi connectivity index (χ1n) is 8.25. The van der Waals surface area contributed by atoms with Crippen LogP contribution in [0.2, 0.25) is 0 Å². The summed E-state index contributed by atoms with van der Waals surface area (Å²) in [4.78, 5) is 16.2. The van der Waals surface area contributed by atoms with E-state index in [4.69, 9.17) is 9.72 Å². The van der Waals surface area contributed by atoms with Gasteiger partial charge in [0, 0.05) is 38.0 Å². The number of hydrogen-bond acceptors (Lipinski definition) is 6. The maximum atomic E-state index is 5.15. The summed E-state index contributed by atoms with van der Waals surface area (Å²) >= 11 is 1.77. The van der Waals surface area contributed by atoms with Crippen molar-refractivity contribution in [1.82, 2.24) is 15.0 Å². The van der Waals surface area contributed by atoms with E-state index in [1.165, 1.54) is 4.70 Å². The molecule has 0 amide bonds. The van der Waals surface area contributed by atoms with E-state index >= 15 is 0 Å². The third kappa shape index (κ3) is 3.12. The molecule has 1 aliphatic heterocycles. The Labute approximate surface area is 145 Å². The van der Waals surface area contributed by atoms with Gasteiger partial charge < -0.3 is 9.64 Å². The van der Waals surface area contributed by atoms with Gasteiger partial charge in [0.15, 0.2) is 11.0 Å². The molecule has 0 radical (unpaired) electrons. The van der Waals surface area contributed by atoms with Crippen molar-refractivity contribution < 1.29 is 4.74 Å². The molecule has 0 saturated carbocycles. The molecule has 0 spiro atoms. The molecule has 2 aromatic heterocycles. The number of nitrogens with zero attached hydrogens (tertiary/aromatic N) is 4. The second-order valence-electron chi connectivity index (χ2n) is 6.08. The van der Waals surface area contributed by atoms with Crippen molar-refractivity contribution in [2.45, 2.75) is 25.4 Å². The molecular weight excluding hydrogens is 320 g/mol. The highest BCUT2D eigenvalue weighted by Gasteiger charge is 2.24. The third-order valence-electron chi connectivity index (χ3n) is 4.39. The number of hydrogen-bond donors (Lipinski definition) is 0. The molecule has 1 aromatic carbocycles. The molecule has 5 nitrogen and oxygen atoms in total. The Hall–Kier alpha value is -2.05. The fourth-order valence-electron chi connectivity index (χ4n) is 3.23. The Bertz CT molecular complexity index is 802. The zero-order valence-corrected chi connectivity index (χ0v) is 14.5. The topological polar surface area (TPSA) is 51.1 Å². The summed E-state index contributed by atoms with van der Waals surface area (Å²) in [7, 11) is 1.67. The minimum atomic E-state index is 0.421. The van der Waals surface area contributed by atoms with Gasteiger partial charge in [-0.1, -0.05) is 23.5 Å². The number of fused-ring (bicyclic) bond motifs is 1. The van der Waals surface area contributed by atoms with Crippen LogP contribution in [0.3, 0.4) is 0 Å². The maximum Gasteiger partial charge on any atom is 0.186 e. The van der Waals surface area contributed by atoms with E-state index in [2.05, 4.69) is 33.1 Å². The number of benzene rings is 1. The van der Waals surface area contributed by atoms with Crippen LogP contribution in [0.4, 0.5) is 5.13 Å². The molecule has 0 aliphatic carbocycles. The molecular formula is C18H20N4OS. The summed E-state index contributed by atoms with van der Waals surface area (Å²) in [6.07, 6.45) is 4.16.